The van der Waals surface area contributed by atoms with Crippen molar-refractivity contribution in [2.75, 3.05) is 13.7 Å². The highest BCUT2D eigenvalue weighted by atomic mass is 16.5. The molecule has 1 atom stereocenters. The molecule has 0 heterocycles. The van der Waals surface area contributed by atoms with E-state index in [0.29, 0.717) is 0 Å². The molecule has 64 valence electrons. The Kier molecular flexibility index (Phi) is 4.83. The van der Waals surface area contributed by atoms with Crippen LogP contribution in [0.15, 0.2) is 5.16 Å². The number of carbonyl (C=O) groups is 1. The van der Waals surface area contributed by atoms with Crippen LogP contribution >= 0.6 is 0 Å². The van der Waals surface area contributed by atoms with E-state index in [0.717, 1.165) is 6.21 Å². The Bertz CT molecular complexity index is 147. The van der Waals surface area contributed by atoms with Gasteiger partial charge < -0.3 is 20.4 Å². The van der Waals surface area contributed by atoms with E-state index < -0.39 is 12.1 Å². The van der Waals surface area contributed by atoms with Gasteiger partial charge in [-0.1, -0.05) is 5.16 Å². The molecule has 11 heavy (non-hydrogen) atoms. The van der Waals surface area contributed by atoms with Gasteiger partial charge in [0.1, 0.15) is 0 Å². The summed E-state index contributed by atoms with van der Waals surface area (Å²) in [5.74, 6) is 0. The molecule has 6 nitrogen and oxygen atoms in total. The monoisotopic (exact) mass is 162 g/mol. The third kappa shape index (κ3) is 5.16. The zero-order valence-corrected chi connectivity index (χ0v) is 6.02. The summed E-state index contributed by atoms with van der Waals surface area (Å²) >= 11 is 0. The number of nitrogens with zero attached hydrogens (tertiary/aromatic N) is 1. The van der Waals surface area contributed by atoms with E-state index in [1.54, 1.807) is 0 Å². The fourth-order valence-corrected chi connectivity index (χ4v) is 0.541. The number of oxime groups is 1. The van der Waals surface area contributed by atoms with Gasteiger partial charge in [0.05, 0.1) is 18.9 Å². The first kappa shape index (κ1) is 9.70. The molecule has 6 heteroatoms. The van der Waals surface area contributed by atoms with Gasteiger partial charge in [-0.05, 0) is 0 Å². The number of rotatable bonds is 4. The molecule has 0 aliphatic carbocycles. The molecule has 0 radical (unpaired) electrons. The summed E-state index contributed by atoms with van der Waals surface area (Å²) < 4.78 is 4.63. The average molecular weight is 162 g/mol. The van der Waals surface area contributed by atoms with Crippen molar-refractivity contribution in [2.24, 2.45) is 5.16 Å². The van der Waals surface area contributed by atoms with Gasteiger partial charge in [-0.15, -0.1) is 0 Å². The molecule has 0 rings (SSSR count). The van der Waals surface area contributed by atoms with E-state index in [9.17, 15) is 4.79 Å². The van der Waals surface area contributed by atoms with Crippen LogP contribution in [0, 0.1) is 0 Å². The maximum Gasteiger partial charge on any atom is 0.405 e. The molecule has 3 N–H and O–H groups in total. The number of amides is 1. The Hall–Kier alpha value is -1.30. The van der Waals surface area contributed by atoms with E-state index in [2.05, 4.69) is 15.2 Å². The second-order valence-electron chi connectivity index (χ2n) is 1.78. The zero-order valence-electron chi connectivity index (χ0n) is 6.02. The molecule has 0 aromatic heterocycles. The topological polar surface area (TPSA) is 91.2 Å². The van der Waals surface area contributed by atoms with Gasteiger partial charge in [0.15, 0.2) is 0 Å². The SMILES string of the molecule is COCC(C=NO)NC(=O)O. The summed E-state index contributed by atoms with van der Waals surface area (Å²) in [5.41, 5.74) is 0. The summed E-state index contributed by atoms with van der Waals surface area (Å²) in [4.78, 5) is 10.0. The van der Waals surface area contributed by atoms with Gasteiger partial charge in [0, 0.05) is 7.11 Å². The minimum Gasteiger partial charge on any atom is -0.465 e. The molecular formula is C5H10N2O4. The van der Waals surface area contributed by atoms with Crippen molar-refractivity contribution < 1.29 is 19.8 Å². The molecule has 0 aliphatic heterocycles. The fourth-order valence-electron chi connectivity index (χ4n) is 0.541. The number of hydrogen-bond acceptors (Lipinski definition) is 4. The lowest BCUT2D eigenvalue weighted by atomic mass is 10.3. The van der Waals surface area contributed by atoms with Crippen molar-refractivity contribution in [3.63, 3.8) is 0 Å². The molecule has 1 unspecified atom stereocenters. The lowest BCUT2D eigenvalue weighted by Gasteiger charge is -2.08. The Labute approximate surface area is 63.5 Å². The van der Waals surface area contributed by atoms with Crippen LogP contribution in [-0.4, -0.2) is 42.4 Å². The van der Waals surface area contributed by atoms with Crippen molar-refractivity contribution in [3.05, 3.63) is 0 Å². The lowest BCUT2D eigenvalue weighted by Crippen LogP contribution is -2.38. The third-order valence-corrected chi connectivity index (χ3v) is 0.902. The number of carboxylic acid groups (broad SMARTS) is 1. The van der Waals surface area contributed by atoms with E-state index in [4.69, 9.17) is 10.3 Å². The van der Waals surface area contributed by atoms with Crippen LogP contribution in [-0.2, 0) is 4.74 Å². The van der Waals surface area contributed by atoms with Gasteiger partial charge >= 0.3 is 6.09 Å². The summed E-state index contributed by atoms with van der Waals surface area (Å²) in [6.45, 7) is 0.135. The number of ether oxygens (including phenoxy) is 1. The van der Waals surface area contributed by atoms with Crippen LogP contribution in [0.2, 0.25) is 0 Å². The molecule has 0 aromatic rings. The van der Waals surface area contributed by atoms with E-state index in [1.807, 2.05) is 0 Å². The van der Waals surface area contributed by atoms with Crippen LogP contribution in [0.4, 0.5) is 4.79 Å². The van der Waals surface area contributed by atoms with Crippen molar-refractivity contribution in [3.8, 4) is 0 Å². The van der Waals surface area contributed by atoms with Crippen LogP contribution in [0.1, 0.15) is 0 Å². The Morgan fingerprint density at radius 1 is 1.91 bits per heavy atom. The van der Waals surface area contributed by atoms with Crippen molar-refractivity contribution in [2.45, 2.75) is 6.04 Å². The van der Waals surface area contributed by atoms with Gasteiger partial charge in [0.25, 0.3) is 0 Å². The molecule has 0 saturated heterocycles. The van der Waals surface area contributed by atoms with Gasteiger partial charge in [-0.3, -0.25) is 0 Å². The van der Waals surface area contributed by atoms with Crippen LogP contribution in [0.25, 0.3) is 0 Å². The maximum absolute atomic E-state index is 10.0. The molecule has 0 bridgehead atoms. The van der Waals surface area contributed by atoms with Crippen molar-refractivity contribution in [1.82, 2.24) is 5.32 Å². The van der Waals surface area contributed by atoms with Crippen molar-refractivity contribution >= 4 is 12.3 Å². The van der Waals surface area contributed by atoms with E-state index in [1.165, 1.54) is 7.11 Å². The first-order valence-corrected chi connectivity index (χ1v) is 2.86. The van der Waals surface area contributed by atoms with E-state index in [-0.39, 0.29) is 6.61 Å². The highest BCUT2D eigenvalue weighted by Gasteiger charge is 2.07. The normalized spacial score (nSPS) is 13.2. The second-order valence-corrected chi connectivity index (χ2v) is 1.78. The quantitative estimate of drug-likeness (QED) is 0.301. The van der Waals surface area contributed by atoms with Crippen LogP contribution in [0.5, 0.6) is 0 Å². The Balaban J connectivity index is 3.78. The largest absolute Gasteiger partial charge is 0.465 e. The molecular weight excluding hydrogens is 152 g/mol. The van der Waals surface area contributed by atoms with E-state index >= 15 is 0 Å². The number of methoxy groups -OCH3 is 1. The van der Waals surface area contributed by atoms with Crippen LogP contribution in [0.3, 0.4) is 0 Å². The second kappa shape index (κ2) is 5.48. The highest BCUT2D eigenvalue weighted by Crippen LogP contribution is 1.80. The average Bonchev–Trinajstić information content (AvgIpc) is 1.87. The molecule has 0 fully saturated rings. The van der Waals surface area contributed by atoms with Crippen molar-refractivity contribution in [1.29, 1.82) is 0 Å². The smallest absolute Gasteiger partial charge is 0.405 e. The molecule has 0 spiro atoms. The highest BCUT2D eigenvalue weighted by molar-refractivity contribution is 5.73. The standard InChI is InChI=1S/C5H10N2O4/c1-11-3-4(2-6-10)7-5(8)9/h2,4,7,10H,3H2,1H3,(H,8,9). The van der Waals surface area contributed by atoms with Gasteiger partial charge in [-0.2, -0.15) is 0 Å². The third-order valence-electron chi connectivity index (χ3n) is 0.902. The molecule has 1 amide bonds. The predicted molar refractivity (Wildman–Crippen MR) is 37.1 cm³/mol. The van der Waals surface area contributed by atoms with Gasteiger partial charge in [-0.25, -0.2) is 4.79 Å². The Morgan fingerprint density at radius 2 is 2.55 bits per heavy atom. The minimum atomic E-state index is -1.19. The number of hydrogen-bond donors (Lipinski definition) is 3. The minimum absolute atomic E-state index is 0.135. The summed E-state index contributed by atoms with van der Waals surface area (Å²) in [6.07, 6.45) is -0.149. The Morgan fingerprint density at radius 3 is 2.91 bits per heavy atom. The summed E-state index contributed by atoms with van der Waals surface area (Å²) in [7, 11) is 1.42. The first-order chi connectivity index (χ1) is 5.20. The predicted octanol–water partition coefficient (Wildman–Crippen LogP) is -0.271. The van der Waals surface area contributed by atoms with Crippen LogP contribution < -0.4 is 5.32 Å². The van der Waals surface area contributed by atoms with Gasteiger partial charge in [0.2, 0.25) is 0 Å². The molecule has 0 saturated carbocycles. The summed E-state index contributed by atoms with van der Waals surface area (Å²) in [5, 5.41) is 21.0. The number of nitrogens with one attached hydrogen (secondary N) is 1. The molecule has 0 aliphatic rings. The lowest BCUT2D eigenvalue weighted by molar-refractivity contribution is 0.166. The first-order valence-electron chi connectivity index (χ1n) is 2.86. The zero-order chi connectivity index (χ0) is 8.69. The fraction of sp³-hybridized carbons (Fsp3) is 0.600. The molecule has 0 aromatic carbocycles. The summed E-state index contributed by atoms with van der Waals surface area (Å²) in [6, 6.07) is -0.609. The maximum atomic E-state index is 10.0.